The number of benzene rings is 5. The van der Waals surface area contributed by atoms with Crippen LogP contribution >= 0.6 is 23.4 Å². The van der Waals surface area contributed by atoms with Gasteiger partial charge >= 0.3 is 5.69 Å². The Morgan fingerprint density at radius 2 is 1.47 bits per heavy atom. The number of fused-ring (bicyclic) bond motifs is 3. The Kier molecular flexibility index (Phi) is 12.7. The molecule has 1 fully saturated rings. The summed E-state index contributed by atoms with van der Waals surface area (Å²) in [5.74, 6) is -0.402. The van der Waals surface area contributed by atoms with Crippen molar-refractivity contribution in [2.24, 2.45) is 0 Å². The standard InChI is InChI=1S/C28H29F2N3O.C18H18ClNS/c29-22-11-7-20(8-12-22)25(21-9-13-23(30)14-10-21)4-3-17-32-18-15-24(16-19-32)33-27-6-2-1-5-26(27)31-28(33)34;1-20(2)11-5-7-14-15-6-3-4-8-17(15)21-18-10-9-13(19)12-16(14)18/h1-2,5-14,24-25H,3-4,15-19H2,(H,31,34);3-4,6-10,12H,5,11H2,1-2H3/b;14-7-. The first-order valence-corrected chi connectivity index (χ1v) is 20.3. The van der Waals surface area contributed by atoms with Crippen molar-refractivity contribution >= 4 is 40.0 Å². The third-order valence-corrected chi connectivity index (χ3v) is 12.0. The van der Waals surface area contributed by atoms with Gasteiger partial charge in [-0.05, 0) is 141 Å². The first-order chi connectivity index (χ1) is 26.7. The van der Waals surface area contributed by atoms with E-state index in [0.29, 0.717) is 0 Å². The van der Waals surface area contributed by atoms with Gasteiger partial charge in [0.2, 0.25) is 0 Å². The van der Waals surface area contributed by atoms with E-state index in [1.54, 1.807) is 0 Å². The molecule has 0 aliphatic carbocycles. The molecule has 1 aromatic heterocycles. The van der Waals surface area contributed by atoms with Crippen LogP contribution in [0.15, 0.2) is 136 Å². The van der Waals surface area contributed by atoms with Gasteiger partial charge in [-0.2, -0.15) is 0 Å². The number of H-pyrrole nitrogens is 1. The van der Waals surface area contributed by atoms with E-state index in [1.165, 1.54) is 50.8 Å². The summed E-state index contributed by atoms with van der Waals surface area (Å²) in [6.45, 7) is 3.92. The molecule has 6 aromatic rings. The summed E-state index contributed by atoms with van der Waals surface area (Å²) in [5, 5.41) is 0.798. The van der Waals surface area contributed by atoms with Gasteiger partial charge in [0, 0.05) is 46.4 Å². The zero-order valence-corrected chi connectivity index (χ0v) is 32.9. The fraction of sp³-hybridized carbons (Fsp3) is 0.283. The molecular formula is C46H47ClF2N4OS. The average molecular weight is 777 g/mol. The lowest BCUT2D eigenvalue weighted by molar-refractivity contribution is 0.183. The first kappa shape index (κ1) is 38.8. The fourth-order valence-corrected chi connectivity index (χ4v) is 9.06. The van der Waals surface area contributed by atoms with Crippen molar-refractivity contribution in [3.63, 3.8) is 0 Å². The number of hydrogen-bond donors (Lipinski definition) is 1. The van der Waals surface area contributed by atoms with Crippen LogP contribution in [-0.2, 0) is 0 Å². The molecule has 0 spiro atoms. The van der Waals surface area contributed by atoms with E-state index in [4.69, 9.17) is 11.6 Å². The van der Waals surface area contributed by atoms with Crippen LogP contribution in [-0.4, -0.2) is 59.6 Å². The van der Waals surface area contributed by atoms with Gasteiger partial charge in [-0.25, -0.2) is 13.6 Å². The number of nitrogens with one attached hydrogen (secondary N) is 1. The number of aromatic amines is 1. The van der Waals surface area contributed by atoms with Gasteiger partial charge < -0.3 is 14.8 Å². The lowest BCUT2D eigenvalue weighted by Gasteiger charge is -2.32. The molecule has 0 amide bonds. The summed E-state index contributed by atoms with van der Waals surface area (Å²) in [4.78, 5) is 22.8. The molecular weight excluding hydrogens is 730 g/mol. The number of likely N-dealkylation sites (tertiary alicyclic amines) is 1. The highest BCUT2D eigenvalue weighted by Gasteiger charge is 2.24. The van der Waals surface area contributed by atoms with Crippen LogP contribution in [0.3, 0.4) is 0 Å². The Morgan fingerprint density at radius 1 is 0.836 bits per heavy atom. The third kappa shape index (κ3) is 9.50. The fourth-order valence-electron chi connectivity index (χ4n) is 7.80. The summed E-state index contributed by atoms with van der Waals surface area (Å²) in [7, 11) is 4.21. The van der Waals surface area contributed by atoms with Crippen molar-refractivity contribution in [2.45, 2.75) is 53.9 Å². The molecule has 0 unspecified atom stereocenters. The third-order valence-electron chi connectivity index (χ3n) is 10.6. The molecule has 0 bridgehead atoms. The van der Waals surface area contributed by atoms with Gasteiger partial charge in [-0.1, -0.05) is 84.0 Å². The van der Waals surface area contributed by atoms with Gasteiger partial charge in [0.05, 0.1) is 11.0 Å². The van der Waals surface area contributed by atoms with Crippen LogP contribution in [0, 0.1) is 11.6 Å². The molecule has 3 heterocycles. The van der Waals surface area contributed by atoms with Gasteiger partial charge in [0.15, 0.2) is 0 Å². The van der Waals surface area contributed by atoms with Crippen LogP contribution in [0.4, 0.5) is 8.78 Å². The minimum atomic E-state index is -0.251. The molecule has 9 heteroatoms. The largest absolute Gasteiger partial charge is 0.326 e. The Labute approximate surface area is 331 Å². The highest BCUT2D eigenvalue weighted by molar-refractivity contribution is 7.99. The maximum Gasteiger partial charge on any atom is 0.326 e. The second-order valence-corrected chi connectivity index (χ2v) is 16.2. The smallest absolute Gasteiger partial charge is 0.309 e. The van der Waals surface area contributed by atoms with Gasteiger partial charge in [-0.3, -0.25) is 4.57 Å². The first-order valence-electron chi connectivity index (χ1n) is 19.1. The highest BCUT2D eigenvalue weighted by atomic mass is 35.5. The molecule has 55 heavy (non-hydrogen) atoms. The second kappa shape index (κ2) is 18.0. The molecule has 1 saturated heterocycles. The number of hydrogen-bond acceptors (Lipinski definition) is 4. The van der Waals surface area contributed by atoms with Crippen molar-refractivity contribution < 1.29 is 8.78 Å². The van der Waals surface area contributed by atoms with Crippen molar-refractivity contribution in [3.05, 3.63) is 171 Å². The lowest BCUT2D eigenvalue weighted by atomic mass is 9.87. The van der Waals surface area contributed by atoms with Gasteiger partial charge in [0.25, 0.3) is 0 Å². The Balaban J connectivity index is 0.000000190. The minimum Gasteiger partial charge on any atom is -0.309 e. The molecule has 5 aromatic carbocycles. The zero-order chi connectivity index (χ0) is 38.3. The molecule has 0 saturated carbocycles. The summed E-state index contributed by atoms with van der Waals surface area (Å²) in [5.41, 5.74) is 7.82. The maximum absolute atomic E-state index is 13.5. The molecule has 0 radical (unpaired) electrons. The molecule has 1 N–H and O–H groups in total. The lowest BCUT2D eigenvalue weighted by Crippen LogP contribution is -2.37. The summed E-state index contributed by atoms with van der Waals surface area (Å²) >= 11 is 8.03. The zero-order valence-electron chi connectivity index (χ0n) is 31.4. The van der Waals surface area contributed by atoms with Crippen LogP contribution in [0.5, 0.6) is 0 Å². The van der Waals surface area contributed by atoms with Crippen LogP contribution < -0.4 is 5.69 Å². The van der Waals surface area contributed by atoms with Crippen LogP contribution in [0.2, 0.25) is 5.02 Å². The Bertz CT molecular complexity index is 2250. The van der Waals surface area contributed by atoms with Gasteiger partial charge in [0.1, 0.15) is 11.6 Å². The summed E-state index contributed by atoms with van der Waals surface area (Å²) in [6, 6.07) is 36.1. The molecule has 284 valence electrons. The SMILES string of the molecule is CN(C)CC/C=C1/c2ccccc2Sc2ccc(Cl)cc21.O=c1[nH]c2ccccc2n1C1CCN(CCCC(c2ccc(F)cc2)c2ccc(F)cc2)CC1. The van der Waals surface area contributed by atoms with E-state index >= 15 is 0 Å². The Morgan fingerprint density at radius 3 is 2.16 bits per heavy atom. The summed E-state index contributed by atoms with van der Waals surface area (Å²) in [6.07, 6.45) is 7.15. The minimum absolute atomic E-state index is 0.0268. The normalized spacial score (nSPS) is 15.3. The predicted molar refractivity (Wildman–Crippen MR) is 223 cm³/mol. The molecule has 2 aliphatic heterocycles. The second-order valence-electron chi connectivity index (χ2n) is 14.6. The molecule has 5 nitrogen and oxygen atoms in total. The molecule has 2 aliphatic rings. The number of nitrogens with zero attached hydrogens (tertiary/aromatic N) is 3. The number of halogens is 3. The van der Waals surface area contributed by atoms with E-state index in [0.717, 1.165) is 85.5 Å². The van der Waals surface area contributed by atoms with E-state index in [-0.39, 0.29) is 29.3 Å². The number of rotatable bonds is 10. The van der Waals surface area contributed by atoms with Crippen LogP contribution in [0.1, 0.15) is 66.3 Å². The highest BCUT2D eigenvalue weighted by Crippen LogP contribution is 2.46. The number of imidazole rings is 1. The van der Waals surface area contributed by atoms with Gasteiger partial charge in [-0.15, -0.1) is 0 Å². The van der Waals surface area contributed by atoms with Crippen molar-refractivity contribution in [2.75, 3.05) is 40.3 Å². The number of aromatic nitrogens is 2. The van der Waals surface area contributed by atoms with Crippen molar-refractivity contribution in [1.82, 2.24) is 19.4 Å². The van der Waals surface area contributed by atoms with Crippen molar-refractivity contribution in [3.8, 4) is 0 Å². The predicted octanol–water partition coefficient (Wildman–Crippen LogP) is 11.0. The Hall–Kier alpha value is -4.47. The van der Waals surface area contributed by atoms with Crippen LogP contribution in [0.25, 0.3) is 16.6 Å². The summed E-state index contributed by atoms with van der Waals surface area (Å²) < 4.78 is 28.9. The molecule has 8 rings (SSSR count). The quantitative estimate of drug-likeness (QED) is 0.150. The van der Waals surface area contributed by atoms with E-state index in [2.05, 4.69) is 71.4 Å². The monoisotopic (exact) mass is 776 g/mol. The van der Waals surface area contributed by atoms with E-state index in [9.17, 15) is 13.6 Å². The number of piperidine rings is 1. The maximum atomic E-state index is 13.5. The van der Waals surface area contributed by atoms with Crippen molar-refractivity contribution in [1.29, 1.82) is 0 Å². The topological polar surface area (TPSA) is 44.3 Å². The number of para-hydroxylation sites is 2. The van der Waals surface area contributed by atoms with E-state index in [1.807, 2.05) is 70.9 Å². The molecule has 0 atom stereocenters. The average Bonchev–Trinajstić information content (AvgIpc) is 3.53. The van der Waals surface area contributed by atoms with E-state index < -0.39 is 0 Å².